The largest absolute Gasteiger partial charge is 0.305 e. The van der Waals surface area contributed by atoms with Gasteiger partial charge in [0.25, 0.3) is 0 Å². The summed E-state index contributed by atoms with van der Waals surface area (Å²) in [6.07, 6.45) is 0.993. The van der Waals surface area contributed by atoms with Crippen LogP contribution in [0.5, 0.6) is 0 Å². The van der Waals surface area contributed by atoms with Gasteiger partial charge in [-0.3, -0.25) is 0 Å². The van der Waals surface area contributed by atoms with Gasteiger partial charge in [-0.2, -0.15) is 0 Å². The monoisotopic (exact) mass is 297 g/mol. The van der Waals surface area contributed by atoms with E-state index in [0.29, 0.717) is 10.6 Å². The minimum atomic E-state index is -0.257. The molecule has 1 aromatic carbocycles. The Morgan fingerprint density at radius 3 is 2.68 bits per heavy atom. The first-order valence-corrected chi connectivity index (χ1v) is 7.56. The van der Waals surface area contributed by atoms with Crippen molar-refractivity contribution in [3.8, 4) is 0 Å². The van der Waals surface area contributed by atoms with Crippen molar-refractivity contribution in [3.05, 3.63) is 56.5 Å². The maximum atomic E-state index is 14.1. The van der Waals surface area contributed by atoms with E-state index in [1.807, 2.05) is 13.0 Å². The zero-order valence-electron chi connectivity index (χ0n) is 11.0. The zero-order valence-corrected chi connectivity index (χ0v) is 12.6. The molecule has 1 unspecified atom stereocenters. The first-order valence-electron chi connectivity index (χ1n) is 6.37. The van der Waals surface area contributed by atoms with Gasteiger partial charge in [-0.25, -0.2) is 4.39 Å². The van der Waals surface area contributed by atoms with Gasteiger partial charge in [0, 0.05) is 20.3 Å². The van der Waals surface area contributed by atoms with Crippen molar-refractivity contribution >= 4 is 22.9 Å². The highest BCUT2D eigenvalue weighted by Gasteiger charge is 2.21. The lowest BCUT2D eigenvalue weighted by atomic mass is 10.0. The molecule has 0 aliphatic rings. The molecular weight excluding hydrogens is 281 g/mol. The van der Waals surface area contributed by atoms with Gasteiger partial charge in [0.15, 0.2) is 0 Å². The molecule has 0 aliphatic heterocycles. The van der Waals surface area contributed by atoms with Gasteiger partial charge >= 0.3 is 0 Å². The van der Waals surface area contributed by atoms with Crippen LogP contribution in [0, 0.1) is 12.7 Å². The van der Waals surface area contributed by atoms with Gasteiger partial charge in [0.1, 0.15) is 5.82 Å². The molecule has 0 bridgehead atoms. The molecule has 2 aromatic rings. The Labute approximate surface area is 122 Å². The molecule has 1 nitrogen and oxygen atoms in total. The summed E-state index contributed by atoms with van der Waals surface area (Å²) in [6.45, 7) is 4.97. The number of thiophene rings is 1. The zero-order chi connectivity index (χ0) is 13.8. The van der Waals surface area contributed by atoms with Crippen LogP contribution in [0.3, 0.4) is 0 Å². The Morgan fingerprint density at radius 1 is 1.32 bits per heavy atom. The number of rotatable bonds is 5. The molecule has 1 atom stereocenters. The molecule has 1 aromatic heterocycles. The SMILES string of the molecule is CCCNC(c1ccc(C)s1)c1c(F)cccc1Cl. The first-order chi connectivity index (χ1) is 9.13. The van der Waals surface area contributed by atoms with Crippen molar-refractivity contribution in [1.82, 2.24) is 5.32 Å². The van der Waals surface area contributed by atoms with E-state index in [2.05, 4.69) is 18.3 Å². The van der Waals surface area contributed by atoms with Crippen LogP contribution in [0.1, 0.15) is 34.7 Å². The smallest absolute Gasteiger partial charge is 0.129 e. The second-order valence-electron chi connectivity index (χ2n) is 4.47. The van der Waals surface area contributed by atoms with Gasteiger partial charge in [-0.1, -0.05) is 24.6 Å². The van der Waals surface area contributed by atoms with Crippen molar-refractivity contribution in [3.63, 3.8) is 0 Å². The van der Waals surface area contributed by atoms with Crippen LogP contribution in [0.2, 0.25) is 5.02 Å². The van der Waals surface area contributed by atoms with Gasteiger partial charge < -0.3 is 5.32 Å². The Kier molecular flexibility index (Phi) is 4.97. The Balaban J connectivity index is 2.42. The lowest BCUT2D eigenvalue weighted by Gasteiger charge is -2.19. The molecule has 0 aliphatic carbocycles. The normalized spacial score (nSPS) is 12.6. The Hall–Kier alpha value is -0.900. The average molecular weight is 298 g/mol. The van der Waals surface area contributed by atoms with Crippen molar-refractivity contribution in [1.29, 1.82) is 0 Å². The molecule has 0 radical (unpaired) electrons. The Bertz CT molecular complexity index is 533. The van der Waals surface area contributed by atoms with Crippen LogP contribution in [0.4, 0.5) is 4.39 Å². The quantitative estimate of drug-likeness (QED) is 0.824. The predicted molar refractivity (Wildman–Crippen MR) is 80.6 cm³/mol. The standard InChI is InChI=1S/C15H17ClFNS/c1-3-9-18-15(13-8-7-10(2)19-13)14-11(16)5-4-6-12(14)17/h4-8,15,18H,3,9H2,1-2H3. The van der Waals surface area contributed by atoms with Crippen LogP contribution in [0.15, 0.2) is 30.3 Å². The number of benzene rings is 1. The predicted octanol–water partition coefficient (Wildman–Crippen LogP) is 4.94. The third-order valence-electron chi connectivity index (χ3n) is 2.93. The summed E-state index contributed by atoms with van der Waals surface area (Å²) < 4.78 is 14.1. The van der Waals surface area contributed by atoms with Crippen LogP contribution < -0.4 is 5.32 Å². The van der Waals surface area contributed by atoms with E-state index in [1.54, 1.807) is 23.5 Å². The molecular formula is C15H17ClFNS. The van der Waals surface area contributed by atoms with Crippen LogP contribution in [-0.4, -0.2) is 6.54 Å². The third-order valence-corrected chi connectivity index (χ3v) is 4.33. The molecule has 0 saturated carbocycles. The maximum Gasteiger partial charge on any atom is 0.129 e. The summed E-state index contributed by atoms with van der Waals surface area (Å²) in [7, 11) is 0. The Morgan fingerprint density at radius 2 is 2.11 bits per heavy atom. The second-order valence-corrected chi connectivity index (χ2v) is 6.20. The summed E-state index contributed by atoms with van der Waals surface area (Å²) in [5.74, 6) is -0.257. The fraction of sp³-hybridized carbons (Fsp3) is 0.333. The molecule has 1 N–H and O–H groups in total. The summed E-state index contributed by atoms with van der Waals surface area (Å²) in [4.78, 5) is 2.31. The fourth-order valence-corrected chi connectivity index (χ4v) is 3.26. The van der Waals surface area contributed by atoms with Crippen LogP contribution >= 0.6 is 22.9 Å². The van der Waals surface area contributed by atoms with E-state index in [4.69, 9.17) is 11.6 Å². The summed E-state index contributed by atoms with van der Waals surface area (Å²) in [6, 6.07) is 8.75. The fourth-order valence-electron chi connectivity index (χ4n) is 2.03. The van der Waals surface area contributed by atoms with Gasteiger partial charge in [-0.15, -0.1) is 11.3 Å². The summed E-state index contributed by atoms with van der Waals surface area (Å²) in [5.41, 5.74) is 0.541. The van der Waals surface area contributed by atoms with Crippen molar-refractivity contribution in [2.75, 3.05) is 6.54 Å². The van der Waals surface area contributed by atoms with E-state index in [9.17, 15) is 4.39 Å². The molecule has 0 spiro atoms. The van der Waals surface area contributed by atoms with E-state index < -0.39 is 0 Å². The minimum Gasteiger partial charge on any atom is -0.305 e. The molecule has 0 saturated heterocycles. The van der Waals surface area contributed by atoms with E-state index in [0.717, 1.165) is 17.8 Å². The lowest BCUT2D eigenvalue weighted by molar-refractivity contribution is 0.551. The lowest BCUT2D eigenvalue weighted by Crippen LogP contribution is -2.23. The topological polar surface area (TPSA) is 12.0 Å². The number of aryl methyl sites for hydroxylation is 1. The third kappa shape index (κ3) is 3.35. The summed E-state index contributed by atoms with van der Waals surface area (Å²) in [5, 5.41) is 3.85. The molecule has 1 heterocycles. The van der Waals surface area contributed by atoms with Crippen LogP contribution in [-0.2, 0) is 0 Å². The number of halogens is 2. The first kappa shape index (κ1) is 14.5. The second kappa shape index (κ2) is 6.51. The molecule has 4 heteroatoms. The van der Waals surface area contributed by atoms with E-state index in [-0.39, 0.29) is 11.9 Å². The minimum absolute atomic E-state index is 0.174. The van der Waals surface area contributed by atoms with E-state index >= 15 is 0 Å². The number of hydrogen-bond donors (Lipinski definition) is 1. The highest BCUT2D eigenvalue weighted by atomic mass is 35.5. The van der Waals surface area contributed by atoms with Crippen molar-refractivity contribution in [2.45, 2.75) is 26.3 Å². The van der Waals surface area contributed by atoms with Crippen molar-refractivity contribution in [2.24, 2.45) is 0 Å². The maximum absolute atomic E-state index is 14.1. The van der Waals surface area contributed by atoms with Gasteiger partial charge in [-0.05, 0) is 44.2 Å². The number of nitrogens with one attached hydrogen (secondary N) is 1. The molecule has 2 rings (SSSR count). The average Bonchev–Trinajstić information content (AvgIpc) is 2.79. The van der Waals surface area contributed by atoms with Crippen molar-refractivity contribution < 1.29 is 4.39 Å². The van der Waals surface area contributed by atoms with E-state index in [1.165, 1.54) is 10.9 Å². The van der Waals surface area contributed by atoms with Gasteiger partial charge in [0.05, 0.1) is 6.04 Å². The van der Waals surface area contributed by atoms with Gasteiger partial charge in [0.2, 0.25) is 0 Å². The molecule has 19 heavy (non-hydrogen) atoms. The molecule has 102 valence electrons. The van der Waals surface area contributed by atoms with Crippen LogP contribution in [0.25, 0.3) is 0 Å². The highest BCUT2D eigenvalue weighted by Crippen LogP contribution is 2.33. The molecule has 0 fully saturated rings. The number of hydrogen-bond acceptors (Lipinski definition) is 2. The molecule has 0 amide bonds. The summed E-state index contributed by atoms with van der Waals surface area (Å²) >= 11 is 7.86. The highest BCUT2D eigenvalue weighted by molar-refractivity contribution is 7.12.